The number of nitrogens with two attached hydrogens (primary N) is 1. The molecule has 9 heteroatoms. The number of fused-ring (bicyclic) bond motifs is 1. The monoisotopic (exact) mass is 527 g/mol. The van der Waals surface area contributed by atoms with E-state index < -0.39 is 0 Å². The first-order valence-electron chi connectivity index (χ1n) is 12.6. The first-order valence-corrected chi connectivity index (χ1v) is 13.0. The predicted octanol–water partition coefficient (Wildman–Crippen LogP) is 5.24. The average Bonchev–Trinajstić information content (AvgIpc) is 3.25. The number of hydrogen-bond acceptors (Lipinski definition) is 6. The van der Waals surface area contributed by atoms with E-state index in [1.54, 1.807) is 16.8 Å². The van der Waals surface area contributed by atoms with Crippen LogP contribution in [0.5, 0.6) is 0 Å². The second kappa shape index (κ2) is 10.4. The number of aromatic nitrogens is 4. The Kier molecular flexibility index (Phi) is 6.66. The molecule has 1 saturated heterocycles. The summed E-state index contributed by atoms with van der Waals surface area (Å²) in [5, 5.41) is 6.19. The lowest BCUT2D eigenvalue weighted by Crippen LogP contribution is -2.46. The molecule has 3 aromatic carbocycles. The molecule has 38 heavy (non-hydrogen) atoms. The van der Waals surface area contributed by atoms with Crippen molar-refractivity contribution in [1.29, 1.82) is 0 Å². The first kappa shape index (κ1) is 24.3. The second-order valence-electron chi connectivity index (χ2n) is 9.50. The minimum Gasteiger partial charge on any atom is -0.383 e. The van der Waals surface area contributed by atoms with E-state index >= 15 is 0 Å². The van der Waals surface area contributed by atoms with Crippen LogP contribution in [0.2, 0.25) is 5.02 Å². The van der Waals surface area contributed by atoms with Gasteiger partial charge < -0.3 is 10.6 Å². The largest absolute Gasteiger partial charge is 0.383 e. The lowest BCUT2D eigenvalue weighted by molar-refractivity contribution is 0.249. The van der Waals surface area contributed by atoms with Crippen LogP contribution in [0.3, 0.4) is 0 Å². The highest BCUT2D eigenvalue weighted by Gasteiger charge is 2.24. The molecule has 0 unspecified atom stereocenters. The molecule has 0 radical (unpaired) electrons. The molecule has 7 nitrogen and oxygen atoms in total. The molecule has 0 saturated carbocycles. The molecular weight excluding hydrogens is 501 g/mol. The van der Waals surface area contributed by atoms with Crippen LogP contribution in [-0.4, -0.2) is 50.8 Å². The van der Waals surface area contributed by atoms with Crippen LogP contribution >= 0.6 is 11.6 Å². The topological polar surface area (TPSA) is 76.1 Å². The standard InChI is InChI=1S/C29H27ClFN7/c30-23-10-6-21(7-11-23)18-36-14-16-37(17-15-36)29-33-26(22-8-12-24(31)13-9-22)25-27(32)38(35-28(25)34-29)19-20-4-2-1-3-5-20/h1-13H,14-19,32H2. The Morgan fingerprint density at radius 3 is 2.18 bits per heavy atom. The number of anilines is 2. The number of rotatable bonds is 6. The van der Waals surface area contributed by atoms with E-state index in [2.05, 4.69) is 21.9 Å². The van der Waals surface area contributed by atoms with Gasteiger partial charge in [-0.1, -0.05) is 54.1 Å². The number of nitrogens with zero attached hydrogens (tertiary/aromatic N) is 6. The van der Waals surface area contributed by atoms with Gasteiger partial charge in [0.25, 0.3) is 0 Å². The molecule has 0 atom stereocenters. The molecule has 0 amide bonds. The quantitative estimate of drug-likeness (QED) is 0.325. The van der Waals surface area contributed by atoms with Crippen LogP contribution in [0, 0.1) is 5.82 Å². The summed E-state index contributed by atoms with van der Waals surface area (Å²) in [4.78, 5) is 14.4. The summed E-state index contributed by atoms with van der Waals surface area (Å²) in [7, 11) is 0. The molecule has 0 spiro atoms. The number of piperazine rings is 1. The number of benzene rings is 3. The molecule has 1 aliphatic rings. The summed E-state index contributed by atoms with van der Waals surface area (Å²) < 4.78 is 15.5. The lowest BCUT2D eigenvalue weighted by atomic mass is 10.1. The number of nitrogen functional groups attached to an aromatic ring is 1. The van der Waals surface area contributed by atoms with E-state index in [-0.39, 0.29) is 5.82 Å². The molecule has 2 N–H and O–H groups in total. The molecule has 2 aromatic heterocycles. The Bertz CT molecular complexity index is 1540. The van der Waals surface area contributed by atoms with Crippen molar-refractivity contribution in [3.8, 4) is 11.3 Å². The molecule has 0 bridgehead atoms. The van der Waals surface area contributed by atoms with Gasteiger partial charge in [0.2, 0.25) is 5.95 Å². The molecule has 1 fully saturated rings. The highest BCUT2D eigenvalue weighted by Crippen LogP contribution is 2.33. The summed E-state index contributed by atoms with van der Waals surface area (Å²) in [5.41, 5.74) is 10.9. The van der Waals surface area contributed by atoms with Crippen molar-refractivity contribution < 1.29 is 4.39 Å². The van der Waals surface area contributed by atoms with Crippen LogP contribution in [0.4, 0.5) is 16.2 Å². The summed E-state index contributed by atoms with van der Waals surface area (Å²) in [6.45, 7) is 4.70. The zero-order valence-electron chi connectivity index (χ0n) is 20.8. The van der Waals surface area contributed by atoms with Crippen molar-refractivity contribution >= 4 is 34.4 Å². The molecule has 192 valence electrons. The Balaban J connectivity index is 1.31. The van der Waals surface area contributed by atoms with Gasteiger partial charge in [-0.25, -0.2) is 14.1 Å². The van der Waals surface area contributed by atoms with E-state index in [0.29, 0.717) is 35.0 Å². The molecule has 1 aliphatic heterocycles. The fraction of sp³-hybridized carbons (Fsp3) is 0.207. The van der Waals surface area contributed by atoms with E-state index in [0.717, 1.165) is 48.9 Å². The molecule has 6 rings (SSSR count). The average molecular weight is 528 g/mol. The van der Waals surface area contributed by atoms with Crippen LogP contribution in [0.25, 0.3) is 22.3 Å². The Morgan fingerprint density at radius 1 is 0.789 bits per heavy atom. The molecular formula is C29H27ClFN7. The van der Waals surface area contributed by atoms with Crippen LogP contribution in [0.1, 0.15) is 11.1 Å². The molecule has 5 aromatic rings. The third-order valence-electron chi connectivity index (χ3n) is 6.90. The third kappa shape index (κ3) is 5.05. The molecule has 0 aliphatic carbocycles. The van der Waals surface area contributed by atoms with Crippen molar-refractivity contribution in [3.63, 3.8) is 0 Å². The van der Waals surface area contributed by atoms with Crippen molar-refractivity contribution in [2.75, 3.05) is 36.8 Å². The van der Waals surface area contributed by atoms with Gasteiger partial charge in [0.1, 0.15) is 11.6 Å². The van der Waals surface area contributed by atoms with Gasteiger partial charge in [0.05, 0.1) is 17.6 Å². The Labute approximate surface area is 225 Å². The van der Waals surface area contributed by atoms with Crippen molar-refractivity contribution in [3.05, 3.63) is 101 Å². The van der Waals surface area contributed by atoms with Gasteiger partial charge in [0.15, 0.2) is 5.65 Å². The van der Waals surface area contributed by atoms with Crippen LogP contribution in [-0.2, 0) is 13.1 Å². The van der Waals surface area contributed by atoms with Gasteiger partial charge in [0, 0.05) is 43.3 Å². The highest BCUT2D eigenvalue weighted by atomic mass is 35.5. The Hall–Kier alpha value is -4.01. The SMILES string of the molecule is Nc1c2c(-c3ccc(F)cc3)nc(N3CCN(Cc4ccc(Cl)cc4)CC3)nc2nn1Cc1ccccc1. The Morgan fingerprint density at radius 2 is 1.47 bits per heavy atom. The minimum absolute atomic E-state index is 0.302. The van der Waals surface area contributed by atoms with Gasteiger partial charge >= 0.3 is 0 Å². The summed E-state index contributed by atoms with van der Waals surface area (Å²) >= 11 is 6.03. The molecule has 3 heterocycles. The summed E-state index contributed by atoms with van der Waals surface area (Å²) in [6, 6.07) is 24.3. The van der Waals surface area contributed by atoms with E-state index in [1.165, 1.54) is 17.7 Å². The fourth-order valence-electron chi connectivity index (χ4n) is 4.83. The third-order valence-corrected chi connectivity index (χ3v) is 7.15. The minimum atomic E-state index is -0.302. The first-order chi connectivity index (χ1) is 18.5. The smallest absolute Gasteiger partial charge is 0.228 e. The van der Waals surface area contributed by atoms with Gasteiger partial charge in [-0.2, -0.15) is 4.98 Å². The van der Waals surface area contributed by atoms with E-state index in [4.69, 9.17) is 32.4 Å². The zero-order chi connectivity index (χ0) is 26.1. The van der Waals surface area contributed by atoms with E-state index in [1.807, 2.05) is 42.5 Å². The maximum atomic E-state index is 13.7. The zero-order valence-corrected chi connectivity index (χ0v) is 21.5. The fourth-order valence-corrected chi connectivity index (χ4v) is 4.96. The van der Waals surface area contributed by atoms with Crippen molar-refractivity contribution in [2.45, 2.75) is 13.1 Å². The van der Waals surface area contributed by atoms with Crippen molar-refractivity contribution in [1.82, 2.24) is 24.6 Å². The second-order valence-corrected chi connectivity index (χ2v) is 9.93. The number of hydrogen-bond donors (Lipinski definition) is 1. The normalized spacial score (nSPS) is 14.3. The van der Waals surface area contributed by atoms with Crippen molar-refractivity contribution in [2.24, 2.45) is 0 Å². The maximum Gasteiger partial charge on any atom is 0.228 e. The van der Waals surface area contributed by atoms with Gasteiger partial charge in [-0.3, -0.25) is 4.90 Å². The van der Waals surface area contributed by atoms with Gasteiger partial charge in [-0.15, -0.1) is 5.10 Å². The van der Waals surface area contributed by atoms with Crippen LogP contribution < -0.4 is 10.6 Å². The summed E-state index contributed by atoms with van der Waals surface area (Å²) in [6.07, 6.45) is 0. The van der Waals surface area contributed by atoms with Gasteiger partial charge in [-0.05, 0) is 47.5 Å². The maximum absolute atomic E-state index is 13.7. The lowest BCUT2D eigenvalue weighted by Gasteiger charge is -2.34. The van der Waals surface area contributed by atoms with E-state index in [9.17, 15) is 4.39 Å². The highest BCUT2D eigenvalue weighted by molar-refractivity contribution is 6.30. The summed E-state index contributed by atoms with van der Waals surface area (Å²) in [5.74, 6) is 0.790. The predicted molar refractivity (Wildman–Crippen MR) is 150 cm³/mol. The number of halogens is 2. The van der Waals surface area contributed by atoms with Crippen LogP contribution in [0.15, 0.2) is 78.9 Å².